The Morgan fingerprint density at radius 3 is 2.43 bits per heavy atom. The van der Waals surface area contributed by atoms with E-state index in [-0.39, 0.29) is 11.7 Å². The van der Waals surface area contributed by atoms with Gasteiger partial charge < -0.3 is 0 Å². The molecule has 6 heteroatoms. The molecule has 3 nitrogen and oxygen atoms in total. The van der Waals surface area contributed by atoms with Gasteiger partial charge in [-0.1, -0.05) is 35.4 Å². The van der Waals surface area contributed by atoms with Gasteiger partial charge in [-0.25, -0.2) is 12.8 Å². The third kappa shape index (κ3) is 3.27. The van der Waals surface area contributed by atoms with Crippen molar-refractivity contribution in [3.63, 3.8) is 0 Å². The van der Waals surface area contributed by atoms with Crippen LogP contribution < -0.4 is 0 Å². The van der Waals surface area contributed by atoms with Crippen molar-refractivity contribution in [2.45, 2.75) is 18.2 Å². The van der Waals surface area contributed by atoms with Gasteiger partial charge in [0.2, 0.25) is 10.0 Å². The highest BCUT2D eigenvalue weighted by Gasteiger charge is 2.37. The fourth-order valence-electron chi connectivity index (χ4n) is 2.72. The minimum absolute atomic E-state index is 0.0876. The summed E-state index contributed by atoms with van der Waals surface area (Å²) in [6, 6.07) is 11.4. The Bertz CT molecular complexity index is 795. The summed E-state index contributed by atoms with van der Waals surface area (Å²) in [5.74, 6) is -0.248. The van der Waals surface area contributed by atoms with E-state index >= 15 is 0 Å². The fourth-order valence-corrected chi connectivity index (χ4v) is 4.56. The molecule has 3 rings (SSSR count). The largest absolute Gasteiger partial charge is 0.243 e. The van der Waals surface area contributed by atoms with Crippen molar-refractivity contribution in [3.8, 4) is 0 Å². The number of hydrogen-bond acceptors (Lipinski definition) is 2. The SMILES string of the molecule is Cc1ccc(S(=O)(=O)N2CC(Cc3c(F)cccc3Cl)C2)cc1. The van der Waals surface area contributed by atoms with Crippen molar-refractivity contribution in [1.29, 1.82) is 0 Å². The average molecular weight is 354 g/mol. The van der Waals surface area contributed by atoms with Crippen LogP contribution >= 0.6 is 11.6 Å². The quantitative estimate of drug-likeness (QED) is 0.841. The highest BCUT2D eigenvalue weighted by Crippen LogP contribution is 2.30. The van der Waals surface area contributed by atoms with Crippen LogP contribution in [0.3, 0.4) is 0 Å². The van der Waals surface area contributed by atoms with Crippen molar-refractivity contribution in [2.24, 2.45) is 5.92 Å². The molecule has 1 heterocycles. The van der Waals surface area contributed by atoms with Crippen molar-refractivity contribution in [3.05, 3.63) is 64.4 Å². The van der Waals surface area contributed by atoms with E-state index in [2.05, 4.69) is 0 Å². The molecule has 0 unspecified atom stereocenters. The van der Waals surface area contributed by atoms with Crippen LogP contribution in [0.15, 0.2) is 47.4 Å². The number of hydrogen-bond donors (Lipinski definition) is 0. The molecule has 0 spiro atoms. The predicted octanol–water partition coefficient (Wildman–Crippen LogP) is 3.65. The van der Waals surface area contributed by atoms with E-state index < -0.39 is 10.0 Å². The van der Waals surface area contributed by atoms with Gasteiger partial charge in [-0.2, -0.15) is 4.31 Å². The smallest absolute Gasteiger partial charge is 0.207 e. The molecule has 1 fully saturated rings. The molecule has 0 atom stereocenters. The van der Waals surface area contributed by atoms with Crippen LogP contribution in [0.1, 0.15) is 11.1 Å². The highest BCUT2D eigenvalue weighted by atomic mass is 35.5. The summed E-state index contributed by atoms with van der Waals surface area (Å²) in [4.78, 5) is 0.297. The number of aryl methyl sites for hydroxylation is 1. The van der Waals surface area contributed by atoms with E-state index in [0.29, 0.717) is 35.0 Å². The molecular weight excluding hydrogens is 337 g/mol. The summed E-state index contributed by atoms with van der Waals surface area (Å²) < 4.78 is 40.2. The zero-order valence-corrected chi connectivity index (χ0v) is 14.2. The van der Waals surface area contributed by atoms with Crippen LogP contribution in [0.2, 0.25) is 5.02 Å². The van der Waals surface area contributed by atoms with Crippen molar-refractivity contribution in [1.82, 2.24) is 4.31 Å². The van der Waals surface area contributed by atoms with E-state index in [0.717, 1.165) is 5.56 Å². The normalized spacial score (nSPS) is 16.3. The van der Waals surface area contributed by atoms with Gasteiger partial charge in [-0.3, -0.25) is 0 Å². The Hall–Kier alpha value is -1.43. The molecule has 0 bridgehead atoms. The minimum atomic E-state index is -3.46. The first-order valence-electron chi connectivity index (χ1n) is 7.37. The third-order valence-electron chi connectivity index (χ3n) is 4.14. The molecule has 1 aliphatic rings. The molecule has 2 aromatic rings. The maximum Gasteiger partial charge on any atom is 0.243 e. The molecule has 122 valence electrons. The van der Waals surface area contributed by atoms with Gasteiger partial charge >= 0.3 is 0 Å². The number of halogens is 2. The van der Waals surface area contributed by atoms with Gasteiger partial charge in [0.1, 0.15) is 5.82 Å². The van der Waals surface area contributed by atoms with Gasteiger partial charge in [0.05, 0.1) is 4.90 Å². The molecule has 1 aliphatic heterocycles. The lowest BCUT2D eigenvalue weighted by Crippen LogP contribution is -2.50. The number of sulfonamides is 1. The van der Waals surface area contributed by atoms with Gasteiger partial charge in [0.15, 0.2) is 0 Å². The molecule has 0 amide bonds. The highest BCUT2D eigenvalue weighted by molar-refractivity contribution is 7.89. The van der Waals surface area contributed by atoms with Gasteiger partial charge in [-0.15, -0.1) is 0 Å². The molecule has 2 aromatic carbocycles. The van der Waals surface area contributed by atoms with Crippen LogP contribution in [0.5, 0.6) is 0 Å². The molecular formula is C17H17ClFNO2S. The molecule has 0 saturated carbocycles. The Morgan fingerprint density at radius 2 is 1.83 bits per heavy atom. The molecule has 1 saturated heterocycles. The predicted molar refractivity (Wildman–Crippen MR) is 88.5 cm³/mol. The zero-order valence-electron chi connectivity index (χ0n) is 12.7. The van der Waals surface area contributed by atoms with Gasteiger partial charge in [0.25, 0.3) is 0 Å². The monoisotopic (exact) mass is 353 g/mol. The van der Waals surface area contributed by atoms with Crippen LogP contribution in [-0.2, 0) is 16.4 Å². The van der Waals surface area contributed by atoms with E-state index in [1.165, 1.54) is 10.4 Å². The number of rotatable bonds is 4. The fraction of sp³-hybridized carbons (Fsp3) is 0.294. The van der Waals surface area contributed by atoms with Crippen LogP contribution in [0, 0.1) is 18.7 Å². The van der Waals surface area contributed by atoms with E-state index in [9.17, 15) is 12.8 Å². The van der Waals surface area contributed by atoms with Crippen molar-refractivity contribution in [2.75, 3.05) is 13.1 Å². The topological polar surface area (TPSA) is 37.4 Å². The standard InChI is InChI=1S/C17H17ClFNO2S/c1-12-5-7-14(8-6-12)23(21,22)20-10-13(11-20)9-15-16(18)3-2-4-17(15)19/h2-8,13H,9-11H2,1H3. The maximum absolute atomic E-state index is 13.8. The molecule has 23 heavy (non-hydrogen) atoms. The molecule has 0 aliphatic carbocycles. The van der Waals surface area contributed by atoms with Crippen molar-refractivity contribution < 1.29 is 12.8 Å². The summed E-state index contributed by atoms with van der Waals surface area (Å²) in [6.45, 7) is 2.69. The molecule has 0 N–H and O–H groups in total. The summed E-state index contributed by atoms with van der Waals surface area (Å²) >= 11 is 6.02. The summed E-state index contributed by atoms with van der Waals surface area (Å²) in [6.07, 6.45) is 0.450. The summed E-state index contributed by atoms with van der Waals surface area (Å²) in [7, 11) is -3.46. The second-order valence-electron chi connectivity index (χ2n) is 5.91. The Labute approximate surface area is 140 Å². The first-order chi connectivity index (χ1) is 10.9. The zero-order chi connectivity index (χ0) is 16.6. The van der Waals surface area contributed by atoms with Gasteiger partial charge in [-0.05, 0) is 43.5 Å². The van der Waals surface area contributed by atoms with E-state index in [1.807, 2.05) is 6.92 Å². The molecule has 0 aromatic heterocycles. The van der Waals surface area contributed by atoms with E-state index in [1.54, 1.807) is 36.4 Å². The lowest BCUT2D eigenvalue weighted by molar-refractivity contribution is 0.199. The summed E-state index contributed by atoms with van der Waals surface area (Å²) in [5.41, 5.74) is 1.48. The first-order valence-corrected chi connectivity index (χ1v) is 9.19. The first kappa shape index (κ1) is 16.4. The Balaban J connectivity index is 1.68. The number of nitrogens with zero attached hydrogens (tertiary/aromatic N) is 1. The Morgan fingerprint density at radius 1 is 1.17 bits per heavy atom. The van der Waals surface area contributed by atoms with E-state index in [4.69, 9.17) is 11.6 Å². The summed E-state index contributed by atoms with van der Waals surface area (Å²) in [5, 5.41) is 0.393. The minimum Gasteiger partial charge on any atom is -0.207 e. The van der Waals surface area contributed by atoms with Crippen LogP contribution in [0.4, 0.5) is 4.39 Å². The van der Waals surface area contributed by atoms with Crippen molar-refractivity contribution >= 4 is 21.6 Å². The lowest BCUT2D eigenvalue weighted by atomic mass is 9.94. The molecule has 0 radical (unpaired) electrons. The number of benzene rings is 2. The lowest BCUT2D eigenvalue weighted by Gasteiger charge is -2.38. The van der Waals surface area contributed by atoms with Crippen LogP contribution in [-0.4, -0.2) is 25.8 Å². The average Bonchev–Trinajstić information content (AvgIpc) is 2.45. The van der Waals surface area contributed by atoms with Gasteiger partial charge in [0, 0.05) is 23.7 Å². The second-order valence-corrected chi connectivity index (χ2v) is 8.25. The second kappa shape index (κ2) is 6.23. The Kier molecular flexibility index (Phi) is 4.45. The maximum atomic E-state index is 13.8. The van der Waals surface area contributed by atoms with Crippen LogP contribution in [0.25, 0.3) is 0 Å². The third-order valence-corrected chi connectivity index (χ3v) is 6.34.